The van der Waals surface area contributed by atoms with E-state index in [1.165, 1.54) is 7.11 Å². The van der Waals surface area contributed by atoms with Crippen molar-refractivity contribution in [1.82, 2.24) is 0 Å². The Balaban J connectivity index is 1.94. The monoisotopic (exact) mass is 291 g/mol. The van der Waals surface area contributed by atoms with Crippen molar-refractivity contribution in [2.24, 2.45) is 0 Å². The molecule has 0 saturated carbocycles. The first-order chi connectivity index (χ1) is 10.1. The van der Waals surface area contributed by atoms with Gasteiger partial charge in [-0.05, 0) is 43.9 Å². The molecular formula is C16H21NO4. The number of carbonyl (C=O) groups is 2. The van der Waals surface area contributed by atoms with E-state index in [-0.39, 0.29) is 12.0 Å². The van der Waals surface area contributed by atoms with Crippen molar-refractivity contribution in [2.75, 3.05) is 19.0 Å². The summed E-state index contributed by atoms with van der Waals surface area (Å²) in [5.74, 6) is -0.472. The van der Waals surface area contributed by atoms with Gasteiger partial charge < -0.3 is 14.8 Å². The fourth-order valence-electron chi connectivity index (χ4n) is 2.38. The Hall–Kier alpha value is -1.88. The van der Waals surface area contributed by atoms with Crippen LogP contribution in [0.4, 0.5) is 5.69 Å². The van der Waals surface area contributed by atoms with Crippen LogP contribution in [0.3, 0.4) is 0 Å². The van der Waals surface area contributed by atoms with Crippen molar-refractivity contribution < 1.29 is 19.1 Å². The predicted molar refractivity (Wildman–Crippen MR) is 79.4 cm³/mol. The molecule has 114 valence electrons. The molecular weight excluding hydrogens is 270 g/mol. The molecule has 1 heterocycles. The molecule has 1 aliphatic heterocycles. The highest BCUT2D eigenvalue weighted by atomic mass is 16.5. The molecule has 1 unspecified atom stereocenters. The van der Waals surface area contributed by atoms with Crippen LogP contribution in [0, 0.1) is 6.92 Å². The molecule has 0 bridgehead atoms. The van der Waals surface area contributed by atoms with Crippen LogP contribution in [0.1, 0.15) is 41.6 Å². The SMILES string of the molecule is COC(=O)c1ccc(C)c(NC(=O)CCC2CCCO2)c1. The molecule has 5 nitrogen and oxygen atoms in total. The van der Waals surface area contributed by atoms with Gasteiger partial charge in [-0.3, -0.25) is 4.79 Å². The zero-order chi connectivity index (χ0) is 15.2. The molecule has 1 aromatic carbocycles. The Morgan fingerprint density at radius 2 is 2.24 bits per heavy atom. The molecule has 1 aliphatic rings. The molecule has 1 fully saturated rings. The number of aryl methyl sites for hydroxylation is 1. The minimum absolute atomic E-state index is 0.0596. The quantitative estimate of drug-likeness (QED) is 0.847. The van der Waals surface area contributed by atoms with Gasteiger partial charge in [0.2, 0.25) is 5.91 Å². The average Bonchev–Trinajstić information content (AvgIpc) is 3.00. The highest BCUT2D eigenvalue weighted by Crippen LogP contribution is 2.20. The molecule has 2 rings (SSSR count). The first-order valence-corrected chi connectivity index (χ1v) is 7.20. The molecule has 0 aliphatic carbocycles. The topological polar surface area (TPSA) is 64.6 Å². The van der Waals surface area contributed by atoms with Crippen molar-refractivity contribution in [3.05, 3.63) is 29.3 Å². The number of rotatable bonds is 5. The van der Waals surface area contributed by atoms with Crippen LogP contribution in [-0.2, 0) is 14.3 Å². The fraction of sp³-hybridized carbons (Fsp3) is 0.500. The number of nitrogens with one attached hydrogen (secondary N) is 1. The maximum Gasteiger partial charge on any atom is 0.337 e. The van der Waals surface area contributed by atoms with Crippen LogP contribution < -0.4 is 5.32 Å². The lowest BCUT2D eigenvalue weighted by Crippen LogP contribution is -2.16. The Morgan fingerprint density at radius 3 is 2.90 bits per heavy atom. The van der Waals surface area contributed by atoms with E-state index in [9.17, 15) is 9.59 Å². The van der Waals surface area contributed by atoms with Crippen molar-refractivity contribution in [3.63, 3.8) is 0 Å². The molecule has 1 aromatic rings. The summed E-state index contributed by atoms with van der Waals surface area (Å²) in [6.45, 7) is 2.68. The molecule has 0 spiro atoms. The molecule has 1 saturated heterocycles. The van der Waals surface area contributed by atoms with E-state index >= 15 is 0 Å². The minimum Gasteiger partial charge on any atom is -0.465 e. The van der Waals surface area contributed by atoms with Crippen LogP contribution in [0.15, 0.2) is 18.2 Å². The second-order valence-corrected chi connectivity index (χ2v) is 5.24. The lowest BCUT2D eigenvalue weighted by molar-refractivity contribution is -0.116. The van der Waals surface area contributed by atoms with Crippen LogP contribution in [0.2, 0.25) is 0 Å². The molecule has 0 aromatic heterocycles. The van der Waals surface area contributed by atoms with Gasteiger partial charge >= 0.3 is 5.97 Å². The second kappa shape index (κ2) is 7.22. The van der Waals surface area contributed by atoms with Gasteiger partial charge in [-0.25, -0.2) is 4.79 Å². The summed E-state index contributed by atoms with van der Waals surface area (Å²) in [7, 11) is 1.34. The first kappa shape index (κ1) is 15.5. The number of hydrogen-bond donors (Lipinski definition) is 1. The highest BCUT2D eigenvalue weighted by molar-refractivity contribution is 5.95. The molecule has 21 heavy (non-hydrogen) atoms. The van der Waals surface area contributed by atoms with Gasteiger partial charge in [0, 0.05) is 18.7 Å². The largest absolute Gasteiger partial charge is 0.465 e. The smallest absolute Gasteiger partial charge is 0.337 e. The van der Waals surface area contributed by atoms with Crippen LogP contribution >= 0.6 is 0 Å². The van der Waals surface area contributed by atoms with Crippen LogP contribution in [-0.4, -0.2) is 31.7 Å². The van der Waals surface area contributed by atoms with Gasteiger partial charge in [-0.15, -0.1) is 0 Å². The van der Waals surface area contributed by atoms with Crippen LogP contribution in [0.25, 0.3) is 0 Å². The maximum atomic E-state index is 12.0. The standard InChI is InChI=1S/C16H21NO4/c1-11-5-6-12(16(19)20-2)10-14(11)17-15(18)8-7-13-4-3-9-21-13/h5-6,10,13H,3-4,7-9H2,1-2H3,(H,17,18). The van der Waals surface area contributed by atoms with Gasteiger partial charge in [0.25, 0.3) is 0 Å². The Morgan fingerprint density at radius 1 is 1.43 bits per heavy atom. The second-order valence-electron chi connectivity index (χ2n) is 5.24. The van der Waals surface area contributed by atoms with E-state index in [2.05, 4.69) is 10.1 Å². The van der Waals surface area contributed by atoms with E-state index in [1.54, 1.807) is 18.2 Å². The Bertz CT molecular complexity index is 521. The van der Waals surface area contributed by atoms with Crippen LogP contribution in [0.5, 0.6) is 0 Å². The summed E-state index contributed by atoms with van der Waals surface area (Å²) in [5, 5.41) is 2.85. The van der Waals surface area contributed by atoms with Crippen molar-refractivity contribution in [3.8, 4) is 0 Å². The Kier molecular flexibility index (Phi) is 5.33. The Labute approximate surface area is 124 Å². The number of benzene rings is 1. The van der Waals surface area contributed by atoms with Crippen molar-refractivity contribution in [2.45, 2.75) is 38.7 Å². The molecule has 1 atom stereocenters. The summed E-state index contributed by atoms with van der Waals surface area (Å²) in [6, 6.07) is 5.12. The van der Waals surface area contributed by atoms with Gasteiger partial charge in [0.15, 0.2) is 0 Å². The minimum atomic E-state index is -0.412. The number of hydrogen-bond acceptors (Lipinski definition) is 4. The van der Waals surface area contributed by atoms with Crippen molar-refractivity contribution >= 4 is 17.6 Å². The molecule has 1 N–H and O–H groups in total. The van der Waals surface area contributed by atoms with E-state index in [0.29, 0.717) is 17.7 Å². The summed E-state index contributed by atoms with van der Waals surface area (Å²) < 4.78 is 10.2. The number of methoxy groups -OCH3 is 1. The number of carbonyl (C=O) groups excluding carboxylic acids is 2. The molecule has 0 radical (unpaired) electrons. The van der Waals surface area contributed by atoms with Gasteiger partial charge in [0.05, 0.1) is 18.8 Å². The van der Waals surface area contributed by atoms with E-state index < -0.39 is 5.97 Å². The third kappa shape index (κ3) is 4.29. The van der Waals surface area contributed by atoms with E-state index in [4.69, 9.17) is 4.74 Å². The number of amides is 1. The summed E-state index contributed by atoms with van der Waals surface area (Å²) in [5.41, 5.74) is 1.99. The third-order valence-corrected chi connectivity index (χ3v) is 3.65. The van der Waals surface area contributed by atoms with Gasteiger partial charge in [-0.2, -0.15) is 0 Å². The highest BCUT2D eigenvalue weighted by Gasteiger charge is 2.17. The zero-order valence-corrected chi connectivity index (χ0v) is 12.5. The van der Waals surface area contributed by atoms with E-state index in [0.717, 1.165) is 31.4 Å². The maximum absolute atomic E-state index is 12.0. The fourth-order valence-corrected chi connectivity index (χ4v) is 2.38. The third-order valence-electron chi connectivity index (χ3n) is 3.65. The number of anilines is 1. The van der Waals surface area contributed by atoms with Crippen molar-refractivity contribution in [1.29, 1.82) is 0 Å². The predicted octanol–water partition coefficient (Wildman–Crippen LogP) is 2.68. The zero-order valence-electron chi connectivity index (χ0n) is 12.5. The van der Waals surface area contributed by atoms with Gasteiger partial charge in [0.1, 0.15) is 0 Å². The number of ether oxygens (including phenoxy) is 2. The van der Waals surface area contributed by atoms with Gasteiger partial charge in [-0.1, -0.05) is 6.07 Å². The molecule has 1 amide bonds. The summed E-state index contributed by atoms with van der Waals surface area (Å²) in [4.78, 5) is 23.5. The molecule has 5 heteroatoms. The number of esters is 1. The summed E-state index contributed by atoms with van der Waals surface area (Å²) in [6.07, 6.45) is 3.48. The summed E-state index contributed by atoms with van der Waals surface area (Å²) >= 11 is 0. The lowest BCUT2D eigenvalue weighted by atomic mass is 10.1. The normalized spacial score (nSPS) is 17.5. The average molecular weight is 291 g/mol. The van der Waals surface area contributed by atoms with E-state index in [1.807, 2.05) is 6.92 Å². The first-order valence-electron chi connectivity index (χ1n) is 7.20. The lowest BCUT2D eigenvalue weighted by Gasteiger charge is -2.12.